The molecule has 0 amide bonds. The summed E-state index contributed by atoms with van der Waals surface area (Å²) in [6.45, 7) is 4.71. The molecule has 3 aromatic heterocycles. The lowest BCUT2D eigenvalue weighted by Gasteiger charge is -2.03. The van der Waals surface area contributed by atoms with Crippen molar-refractivity contribution in [3.63, 3.8) is 0 Å². The van der Waals surface area contributed by atoms with Gasteiger partial charge in [-0.15, -0.1) is 11.3 Å². The van der Waals surface area contributed by atoms with Crippen LogP contribution in [0.2, 0.25) is 0 Å². The van der Waals surface area contributed by atoms with E-state index in [2.05, 4.69) is 21.9 Å². The fraction of sp³-hybridized carbons (Fsp3) is 0.200. The number of nitrogens with zero attached hydrogens (tertiary/aromatic N) is 5. The molecule has 0 atom stereocenters. The normalized spacial score (nSPS) is 10.4. The van der Waals surface area contributed by atoms with Gasteiger partial charge in [-0.1, -0.05) is 0 Å². The molecule has 0 fully saturated rings. The first-order chi connectivity index (χ1) is 14.0. The molecule has 9 heteroatoms. The molecule has 0 saturated carbocycles. The average molecular weight is 413 g/mol. The summed E-state index contributed by atoms with van der Waals surface area (Å²) in [6.07, 6.45) is 7.57. The van der Waals surface area contributed by atoms with Crippen LogP contribution in [0.25, 0.3) is 22.1 Å². The van der Waals surface area contributed by atoms with E-state index in [1.165, 1.54) is 23.5 Å². The molecule has 0 aliphatic rings. The summed E-state index contributed by atoms with van der Waals surface area (Å²) >= 11 is 1.53. The maximum absolute atomic E-state index is 13.1. The highest BCUT2D eigenvalue weighted by atomic mass is 32.1. The summed E-state index contributed by atoms with van der Waals surface area (Å²) in [7, 11) is 0. The Morgan fingerprint density at radius 2 is 1.97 bits per heavy atom. The van der Waals surface area contributed by atoms with Crippen molar-refractivity contribution in [3.8, 4) is 22.1 Å². The number of benzene rings is 1. The molecule has 0 aliphatic heterocycles. The van der Waals surface area contributed by atoms with Gasteiger partial charge in [-0.25, -0.2) is 19.3 Å². The molecule has 1 aromatic carbocycles. The summed E-state index contributed by atoms with van der Waals surface area (Å²) in [4.78, 5) is 22.5. The van der Waals surface area contributed by atoms with Gasteiger partial charge < -0.3 is 14.2 Å². The van der Waals surface area contributed by atoms with Crippen molar-refractivity contribution in [1.82, 2.24) is 24.1 Å². The van der Waals surface area contributed by atoms with Crippen LogP contribution in [0.3, 0.4) is 0 Å². The Morgan fingerprint density at radius 1 is 1.24 bits per heavy atom. The van der Waals surface area contributed by atoms with Crippen LogP contribution in [0.15, 0.2) is 54.6 Å². The number of halogens is 1. The zero-order valence-electron chi connectivity index (χ0n) is 16.0. The summed E-state index contributed by atoms with van der Waals surface area (Å²) < 4.78 is 17.2. The SMILES string of the molecule is CC(=O)O.CCn1cnc(Cn2ccnc2-c2nc(-c3ccc(F)cc3)cs2)c1. The third kappa shape index (κ3) is 5.35. The Kier molecular flexibility index (Phi) is 6.50. The van der Waals surface area contributed by atoms with Gasteiger partial charge in [0.1, 0.15) is 5.82 Å². The number of aromatic nitrogens is 5. The fourth-order valence-corrected chi connectivity index (χ4v) is 3.44. The monoisotopic (exact) mass is 413 g/mol. The molecule has 4 rings (SSSR count). The molecular weight excluding hydrogens is 393 g/mol. The van der Waals surface area contributed by atoms with Gasteiger partial charge in [-0.2, -0.15) is 0 Å². The molecule has 29 heavy (non-hydrogen) atoms. The van der Waals surface area contributed by atoms with Crippen molar-refractivity contribution < 1.29 is 14.3 Å². The molecule has 0 aliphatic carbocycles. The van der Waals surface area contributed by atoms with Gasteiger partial charge in [0, 0.05) is 43.0 Å². The zero-order valence-corrected chi connectivity index (χ0v) is 16.8. The Balaban J connectivity index is 0.000000552. The summed E-state index contributed by atoms with van der Waals surface area (Å²) in [5.41, 5.74) is 2.70. The van der Waals surface area contributed by atoms with E-state index in [-0.39, 0.29) is 5.82 Å². The number of rotatable bonds is 5. The lowest BCUT2D eigenvalue weighted by molar-refractivity contribution is -0.134. The number of carboxylic acid groups (broad SMARTS) is 1. The Hall–Kier alpha value is -3.33. The number of carbonyl (C=O) groups is 1. The van der Waals surface area contributed by atoms with E-state index in [9.17, 15) is 4.39 Å². The summed E-state index contributed by atoms with van der Waals surface area (Å²) in [6, 6.07) is 6.36. The van der Waals surface area contributed by atoms with Crippen molar-refractivity contribution in [2.24, 2.45) is 0 Å². The van der Waals surface area contributed by atoms with Gasteiger partial charge in [-0.05, 0) is 31.2 Å². The predicted molar refractivity (Wildman–Crippen MR) is 109 cm³/mol. The topological polar surface area (TPSA) is 85.8 Å². The van der Waals surface area contributed by atoms with E-state index >= 15 is 0 Å². The first-order valence-corrected chi connectivity index (χ1v) is 9.77. The second-order valence-electron chi connectivity index (χ2n) is 6.14. The lowest BCUT2D eigenvalue weighted by Crippen LogP contribution is -2.01. The van der Waals surface area contributed by atoms with Gasteiger partial charge in [0.15, 0.2) is 10.8 Å². The van der Waals surface area contributed by atoms with Gasteiger partial charge in [0.05, 0.1) is 24.3 Å². The van der Waals surface area contributed by atoms with E-state index in [1.54, 1.807) is 18.3 Å². The van der Waals surface area contributed by atoms with E-state index < -0.39 is 5.97 Å². The van der Waals surface area contributed by atoms with Gasteiger partial charge in [-0.3, -0.25) is 4.79 Å². The minimum absolute atomic E-state index is 0.249. The molecular formula is C20H20FN5O2S. The summed E-state index contributed by atoms with van der Waals surface area (Å²) in [5, 5.41) is 10.2. The lowest BCUT2D eigenvalue weighted by atomic mass is 10.2. The minimum atomic E-state index is -0.833. The minimum Gasteiger partial charge on any atom is -0.481 e. The molecule has 3 heterocycles. The number of aliphatic carboxylic acids is 1. The van der Waals surface area contributed by atoms with E-state index in [0.717, 1.165) is 41.3 Å². The maximum atomic E-state index is 13.1. The molecule has 0 unspecified atom stereocenters. The van der Waals surface area contributed by atoms with Crippen LogP contribution >= 0.6 is 11.3 Å². The Morgan fingerprint density at radius 3 is 2.62 bits per heavy atom. The largest absolute Gasteiger partial charge is 0.481 e. The van der Waals surface area contributed by atoms with Crippen LogP contribution in [0.5, 0.6) is 0 Å². The molecule has 0 spiro atoms. The first-order valence-electron chi connectivity index (χ1n) is 8.89. The number of aryl methyl sites for hydroxylation is 1. The number of carboxylic acids is 1. The standard InChI is InChI=1S/C18H16FN5S.C2H4O2/c1-2-23-9-15(21-12-23)10-24-8-7-20-17(24)18-22-16(11-25-18)13-3-5-14(19)6-4-13;1-2(3)4/h3-9,11-12H,2,10H2,1H3;1H3,(H,3,4). The third-order valence-corrected chi connectivity index (χ3v) is 4.77. The zero-order chi connectivity index (χ0) is 20.8. The quantitative estimate of drug-likeness (QED) is 0.531. The first kappa shape index (κ1) is 20.4. The van der Waals surface area contributed by atoms with Crippen LogP contribution < -0.4 is 0 Å². The van der Waals surface area contributed by atoms with Crippen LogP contribution in [0, 0.1) is 5.82 Å². The van der Waals surface area contributed by atoms with Gasteiger partial charge in [0.25, 0.3) is 5.97 Å². The number of imidazole rings is 2. The van der Waals surface area contributed by atoms with E-state index in [4.69, 9.17) is 9.90 Å². The predicted octanol–water partition coefficient (Wildman–Crippen LogP) is 4.17. The van der Waals surface area contributed by atoms with Gasteiger partial charge in [0.2, 0.25) is 0 Å². The van der Waals surface area contributed by atoms with Crippen molar-refractivity contribution >= 4 is 17.3 Å². The van der Waals surface area contributed by atoms with E-state index in [1.807, 2.05) is 33.2 Å². The summed E-state index contributed by atoms with van der Waals surface area (Å²) in [5.74, 6) is -0.273. The fourth-order valence-electron chi connectivity index (χ4n) is 2.60. The van der Waals surface area contributed by atoms with Crippen molar-refractivity contribution in [1.29, 1.82) is 0 Å². The Bertz CT molecular complexity index is 1080. The highest BCUT2D eigenvalue weighted by Crippen LogP contribution is 2.28. The van der Waals surface area contributed by atoms with Gasteiger partial charge >= 0.3 is 0 Å². The molecule has 150 valence electrons. The molecule has 0 saturated heterocycles. The smallest absolute Gasteiger partial charge is 0.300 e. The number of thiazole rings is 1. The highest BCUT2D eigenvalue weighted by molar-refractivity contribution is 7.13. The highest BCUT2D eigenvalue weighted by Gasteiger charge is 2.13. The van der Waals surface area contributed by atoms with Crippen molar-refractivity contribution in [2.75, 3.05) is 0 Å². The molecule has 0 bridgehead atoms. The number of hydrogen-bond acceptors (Lipinski definition) is 5. The van der Waals surface area contributed by atoms with Crippen molar-refractivity contribution in [2.45, 2.75) is 26.9 Å². The van der Waals surface area contributed by atoms with Crippen LogP contribution in [0.4, 0.5) is 4.39 Å². The molecule has 4 aromatic rings. The third-order valence-electron chi connectivity index (χ3n) is 3.94. The average Bonchev–Trinajstić information content (AvgIpc) is 3.42. The molecule has 0 radical (unpaired) electrons. The Labute approximate surface area is 171 Å². The van der Waals surface area contributed by atoms with E-state index in [0.29, 0.717) is 6.54 Å². The second kappa shape index (κ2) is 9.24. The second-order valence-corrected chi connectivity index (χ2v) is 7.00. The maximum Gasteiger partial charge on any atom is 0.300 e. The van der Waals surface area contributed by atoms with Crippen LogP contribution in [0.1, 0.15) is 19.5 Å². The van der Waals surface area contributed by atoms with Crippen molar-refractivity contribution in [3.05, 3.63) is 66.1 Å². The molecule has 7 nitrogen and oxygen atoms in total. The van der Waals surface area contributed by atoms with Crippen LogP contribution in [-0.2, 0) is 17.9 Å². The number of hydrogen-bond donors (Lipinski definition) is 1. The molecule has 1 N–H and O–H groups in total. The van der Waals surface area contributed by atoms with Crippen LogP contribution in [-0.4, -0.2) is 35.2 Å².